The minimum Gasteiger partial charge on any atom is -0.497 e. The predicted octanol–water partition coefficient (Wildman–Crippen LogP) is 5.97. The molecule has 0 amide bonds. The molecule has 4 nitrogen and oxygen atoms in total. The van der Waals surface area contributed by atoms with Crippen LogP contribution >= 0.6 is 0 Å². The fourth-order valence-corrected chi connectivity index (χ4v) is 4.01. The maximum Gasteiger partial charge on any atom is 0.338 e. The Labute approximate surface area is 186 Å². The minimum absolute atomic E-state index is 0.126. The molecule has 4 heteroatoms. The molecular weight excluding hydrogens is 396 g/mol. The van der Waals surface area contributed by atoms with Gasteiger partial charge in [-0.25, -0.2) is 4.79 Å². The van der Waals surface area contributed by atoms with Crippen LogP contribution in [0.2, 0.25) is 0 Å². The Balaban J connectivity index is 1.92. The zero-order chi connectivity index (χ0) is 21.9. The van der Waals surface area contributed by atoms with Crippen LogP contribution in [0.1, 0.15) is 0 Å². The van der Waals surface area contributed by atoms with E-state index in [-0.39, 0.29) is 5.69 Å². The molecule has 0 spiro atoms. The molecule has 0 aliphatic carbocycles. The molecule has 0 aliphatic heterocycles. The molecule has 5 rings (SSSR count). The first kappa shape index (κ1) is 19.6. The highest BCUT2D eigenvalue weighted by Crippen LogP contribution is 2.35. The Morgan fingerprint density at radius 1 is 0.531 bits per heavy atom. The molecule has 1 heterocycles. The van der Waals surface area contributed by atoms with Gasteiger partial charge in [-0.2, -0.15) is 0 Å². The van der Waals surface area contributed by atoms with Crippen molar-refractivity contribution in [2.75, 3.05) is 7.11 Å². The second kappa shape index (κ2) is 8.44. The Hall–Kier alpha value is -4.31. The Morgan fingerprint density at radius 2 is 0.938 bits per heavy atom. The third-order valence-electron chi connectivity index (χ3n) is 5.49. The summed E-state index contributed by atoms with van der Waals surface area (Å²) in [6.45, 7) is 0. The molecule has 0 unspecified atom stereocenters. The van der Waals surface area contributed by atoms with Gasteiger partial charge < -0.3 is 4.74 Å². The minimum atomic E-state index is -0.126. The lowest BCUT2D eigenvalue weighted by Gasteiger charge is -2.12. The summed E-state index contributed by atoms with van der Waals surface area (Å²) < 4.78 is 8.90. The fraction of sp³-hybridized carbons (Fsp3) is 0.0357. The van der Waals surface area contributed by atoms with Crippen molar-refractivity contribution in [3.05, 3.63) is 126 Å². The van der Waals surface area contributed by atoms with E-state index >= 15 is 0 Å². The Kier molecular flexibility index (Phi) is 5.18. The molecule has 0 saturated carbocycles. The maximum atomic E-state index is 14.0. The molecule has 4 aromatic carbocycles. The smallest absolute Gasteiger partial charge is 0.338 e. The first-order valence-corrected chi connectivity index (χ1v) is 10.5. The quantitative estimate of drug-likeness (QED) is 0.352. The van der Waals surface area contributed by atoms with E-state index in [1.165, 1.54) is 0 Å². The van der Waals surface area contributed by atoms with Crippen LogP contribution in [0.3, 0.4) is 0 Å². The highest BCUT2D eigenvalue weighted by molar-refractivity contribution is 5.82. The van der Waals surface area contributed by atoms with Gasteiger partial charge in [-0.05, 0) is 36.4 Å². The summed E-state index contributed by atoms with van der Waals surface area (Å²) in [6.07, 6.45) is 0. The zero-order valence-electron chi connectivity index (χ0n) is 17.7. The van der Waals surface area contributed by atoms with Crippen LogP contribution in [0, 0.1) is 0 Å². The number of rotatable bonds is 5. The molecule has 0 N–H and O–H groups in total. The highest BCUT2D eigenvalue weighted by atomic mass is 16.5. The summed E-state index contributed by atoms with van der Waals surface area (Å²) in [7, 11) is 1.63. The van der Waals surface area contributed by atoms with Crippen LogP contribution in [0.5, 0.6) is 5.75 Å². The standard InChI is InChI=1S/C28H22N2O2/c1-32-25-19-17-24(18-20-25)30-27(22-13-7-3-8-14-22)26(21-11-5-2-6-12-21)29(28(30)31)23-15-9-4-10-16-23/h2-20H,1H3. The SMILES string of the molecule is COc1ccc(-n2c(-c3ccccc3)c(-c3ccccc3)n(-c3ccccc3)c2=O)cc1. The number of benzene rings is 4. The number of hydrogen-bond acceptors (Lipinski definition) is 2. The van der Waals surface area contributed by atoms with Gasteiger partial charge in [-0.3, -0.25) is 9.13 Å². The first-order chi connectivity index (χ1) is 15.8. The largest absolute Gasteiger partial charge is 0.497 e. The molecular formula is C28H22N2O2. The zero-order valence-corrected chi connectivity index (χ0v) is 17.7. The van der Waals surface area contributed by atoms with Crippen molar-refractivity contribution < 1.29 is 4.74 Å². The van der Waals surface area contributed by atoms with Crippen LogP contribution in [0.25, 0.3) is 33.9 Å². The molecule has 0 fully saturated rings. The summed E-state index contributed by atoms with van der Waals surface area (Å²) in [5, 5.41) is 0. The van der Waals surface area contributed by atoms with E-state index < -0.39 is 0 Å². The number of aromatic nitrogens is 2. The summed E-state index contributed by atoms with van der Waals surface area (Å²) in [5.41, 5.74) is 5.11. The van der Waals surface area contributed by atoms with Crippen LogP contribution in [0.4, 0.5) is 0 Å². The van der Waals surface area contributed by atoms with Gasteiger partial charge in [-0.1, -0.05) is 78.9 Å². The van der Waals surface area contributed by atoms with Crippen molar-refractivity contribution in [2.24, 2.45) is 0 Å². The fourth-order valence-electron chi connectivity index (χ4n) is 4.01. The second-order valence-corrected chi connectivity index (χ2v) is 7.42. The van der Waals surface area contributed by atoms with Gasteiger partial charge >= 0.3 is 5.69 Å². The van der Waals surface area contributed by atoms with Crippen molar-refractivity contribution in [2.45, 2.75) is 0 Å². The Bertz CT molecular complexity index is 1390. The Morgan fingerprint density at radius 3 is 1.38 bits per heavy atom. The molecule has 0 radical (unpaired) electrons. The van der Waals surface area contributed by atoms with Crippen molar-refractivity contribution in [1.29, 1.82) is 0 Å². The molecule has 0 aliphatic rings. The molecule has 5 aromatic rings. The number of nitrogens with zero attached hydrogens (tertiary/aromatic N) is 2. The van der Waals surface area contributed by atoms with Crippen molar-refractivity contribution in [3.63, 3.8) is 0 Å². The monoisotopic (exact) mass is 418 g/mol. The average Bonchev–Trinajstić information content (AvgIpc) is 3.18. The van der Waals surface area contributed by atoms with E-state index in [9.17, 15) is 4.79 Å². The van der Waals surface area contributed by atoms with Gasteiger partial charge in [0, 0.05) is 11.1 Å². The van der Waals surface area contributed by atoms with E-state index in [1.54, 1.807) is 16.2 Å². The van der Waals surface area contributed by atoms with Gasteiger partial charge in [0.1, 0.15) is 5.75 Å². The normalized spacial score (nSPS) is 10.8. The van der Waals surface area contributed by atoms with Crippen molar-refractivity contribution >= 4 is 0 Å². The summed E-state index contributed by atoms with van der Waals surface area (Å²) in [5.74, 6) is 0.744. The van der Waals surface area contributed by atoms with Crippen molar-refractivity contribution in [3.8, 4) is 39.6 Å². The molecule has 1 aromatic heterocycles. The third kappa shape index (κ3) is 3.42. The molecule has 0 saturated heterocycles. The highest BCUT2D eigenvalue weighted by Gasteiger charge is 2.24. The average molecular weight is 418 g/mol. The van der Waals surface area contributed by atoms with Gasteiger partial charge in [0.15, 0.2) is 0 Å². The summed E-state index contributed by atoms with van der Waals surface area (Å²) >= 11 is 0. The van der Waals surface area contributed by atoms with Crippen LogP contribution in [0.15, 0.2) is 120 Å². The van der Waals surface area contributed by atoms with Crippen molar-refractivity contribution in [1.82, 2.24) is 9.13 Å². The van der Waals surface area contributed by atoms with Gasteiger partial charge in [0.2, 0.25) is 0 Å². The lowest BCUT2D eigenvalue weighted by atomic mass is 10.0. The van der Waals surface area contributed by atoms with E-state index in [0.717, 1.165) is 39.6 Å². The number of hydrogen-bond donors (Lipinski definition) is 0. The number of methoxy groups -OCH3 is 1. The molecule has 0 atom stereocenters. The van der Waals surface area contributed by atoms with Crippen LogP contribution < -0.4 is 10.4 Å². The molecule has 156 valence electrons. The summed E-state index contributed by atoms with van der Waals surface area (Å²) in [6, 6.07) is 37.4. The van der Waals surface area contributed by atoms with E-state index in [1.807, 2.05) is 115 Å². The van der Waals surface area contributed by atoms with Gasteiger partial charge in [-0.15, -0.1) is 0 Å². The van der Waals surface area contributed by atoms with Gasteiger partial charge in [0.25, 0.3) is 0 Å². The maximum absolute atomic E-state index is 14.0. The third-order valence-corrected chi connectivity index (χ3v) is 5.49. The first-order valence-electron chi connectivity index (χ1n) is 10.5. The number of imidazole rings is 1. The van der Waals surface area contributed by atoms with Gasteiger partial charge in [0.05, 0.1) is 29.9 Å². The topological polar surface area (TPSA) is 36.2 Å². The predicted molar refractivity (Wildman–Crippen MR) is 129 cm³/mol. The van der Waals surface area contributed by atoms with E-state index in [4.69, 9.17) is 4.74 Å². The number of para-hydroxylation sites is 1. The van der Waals surface area contributed by atoms with Crippen LogP contribution in [-0.2, 0) is 0 Å². The lowest BCUT2D eigenvalue weighted by molar-refractivity contribution is 0.414. The van der Waals surface area contributed by atoms with Crippen LogP contribution in [-0.4, -0.2) is 16.2 Å². The van der Waals surface area contributed by atoms with E-state index in [0.29, 0.717) is 0 Å². The molecule has 32 heavy (non-hydrogen) atoms. The molecule has 0 bridgehead atoms. The van der Waals surface area contributed by atoms with E-state index in [2.05, 4.69) is 0 Å². The number of ether oxygens (including phenoxy) is 1. The lowest BCUT2D eigenvalue weighted by Crippen LogP contribution is -2.22. The second-order valence-electron chi connectivity index (χ2n) is 7.42. The summed E-state index contributed by atoms with van der Waals surface area (Å²) in [4.78, 5) is 14.0.